The van der Waals surface area contributed by atoms with Crippen molar-refractivity contribution in [2.75, 3.05) is 5.32 Å². The lowest BCUT2D eigenvalue weighted by molar-refractivity contribution is 0.620. The van der Waals surface area contributed by atoms with Crippen LogP contribution in [0.15, 0.2) is 52.9 Å². The maximum absolute atomic E-state index is 5.71. The summed E-state index contributed by atoms with van der Waals surface area (Å²) in [5.74, 6) is 0.577. The van der Waals surface area contributed by atoms with Gasteiger partial charge in [-0.1, -0.05) is 18.2 Å². The molecular formula is C14H11N3OS. The highest BCUT2D eigenvalue weighted by atomic mass is 32.1. The lowest BCUT2D eigenvalue weighted by Crippen LogP contribution is -2.18. The zero-order valence-electron chi connectivity index (χ0n) is 9.96. The average Bonchev–Trinajstić information content (AvgIpc) is 2.82. The van der Waals surface area contributed by atoms with Gasteiger partial charge in [0.2, 0.25) is 5.89 Å². The largest absolute Gasteiger partial charge is 0.436 e. The van der Waals surface area contributed by atoms with E-state index in [0.717, 1.165) is 22.4 Å². The zero-order chi connectivity index (χ0) is 13.2. The normalized spacial score (nSPS) is 10.5. The quantitative estimate of drug-likeness (QED) is 0.700. The monoisotopic (exact) mass is 269 g/mol. The second-order valence-corrected chi connectivity index (χ2v) is 4.50. The molecule has 0 spiro atoms. The topological polar surface area (TPSA) is 64.1 Å². The number of rotatable bonds is 2. The summed E-state index contributed by atoms with van der Waals surface area (Å²) in [5.41, 5.74) is 8.75. The van der Waals surface area contributed by atoms with Crippen molar-refractivity contribution in [1.29, 1.82) is 0 Å². The number of fused-ring (bicyclic) bond motifs is 1. The van der Waals surface area contributed by atoms with Gasteiger partial charge in [0, 0.05) is 11.3 Å². The average molecular weight is 269 g/mol. The van der Waals surface area contributed by atoms with E-state index in [4.69, 9.17) is 22.4 Å². The summed E-state index contributed by atoms with van der Waals surface area (Å²) in [6.45, 7) is 0. The molecule has 3 aromatic rings. The van der Waals surface area contributed by atoms with Gasteiger partial charge in [-0.15, -0.1) is 0 Å². The van der Waals surface area contributed by atoms with E-state index < -0.39 is 0 Å². The van der Waals surface area contributed by atoms with Crippen LogP contribution >= 0.6 is 12.2 Å². The van der Waals surface area contributed by atoms with Gasteiger partial charge < -0.3 is 15.5 Å². The van der Waals surface area contributed by atoms with Crippen LogP contribution in [0.4, 0.5) is 5.69 Å². The van der Waals surface area contributed by atoms with Gasteiger partial charge in [0.15, 0.2) is 10.7 Å². The standard InChI is InChI=1S/C14H11N3OS/c15-14(19)16-10-5-3-4-9(8-10)13-17-11-6-1-2-7-12(11)18-13/h1-8H,(H3,15,16,19). The number of thiocarbonyl (C=S) groups is 1. The first kappa shape index (κ1) is 11.7. The number of nitrogens with two attached hydrogens (primary N) is 1. The Kier molecular flexibility index (Phi) is 2.89. The van der Waals surface area contributed by atoms with Gasteiger partial charge in [0.1, 0.15) is 5.52 Å². The fourth-order valence-corrected chi connectivity index (χ4v) is 1.99. The number of para-hydroxylation sites is 2. The Morgan fingerprint density at radius 3 is 2.79 bits per heavy atom. The number of anilines is 1. The zero-order valence-corrected chi connectivity index (χ0v) is 10.8. The molecule has 5 heteroatoms. The van der Waals surface area contributed by atoms with E-state index in [-0.39, 0.29) is 5.11 Å². The number of nitrogens with zero attached hydrogens (tertiary/aromatic N) is 1. The fraction of sp³-hybridized carbons (Fsp3) is 0. The van der Waals surface area contributed by atoms with E-state index in [2.05, 4.69) is 10.3 Å². The lowest BCUT2D eigenvalue weighted by Gasteiger charge is -2.04. The second-order valence-electron chi connectivity index (χ2n) is 4.06. The molecule has 3 rings (SSSR count). The summed E-state index contributed by atoms with van der Waals surface area (Å²) >= 11 is 4.82. The molecule has 2 aromatic carbocycles. The van der Waals surface area contributed by atoms with E-state index in [1.807, 2.05) is 48.5 Å². The van der Waals surface area contributed by atoms with Gasteiger partial charge in [-0.3, -0.25) is 0 Å². The first-order valence-electron chi connectivity index (χ1n) is 5.75. The van der Waals surface area contributed by atoms with Gasteiger partial charge in [-0.2, -0.15) is 0 Å². The summed E-state index contributed by atoms with van der Waals surface area (Å²) < 4.78 is 5.71. The molecule has 0 bridgehead atoms. The highest BCUT2D eigenvalue weighted by Crippen LogP contribution is 2.25. The minimum Gasteiger partial charge on any atom is -0.436 e. The third kappa shape index (κ3) is 2.41. The van der Waals surface area contributed by atoms with Crippen molar-refractivity contribution in [3.63, 3.8) is 0 Å². The summed E-state index contributed by atoms with van der Waals surface area (Å²) in [5, 5.41) is 3.12. The van der Waals surface area contributed by atoms with Gasteiger partial charge in [0.25, 0.3) is 0 Å². The fourth-order valence-electron chi connectivity index (χ4n) is 1.87. The van der Waals surface area contributed by atoms with Crippen LogP contribution in [0.1, 0.15) is 0 Å². The summed E-state index contributed by atoms with van der Waals surface area (Å²) in [6.07, 6.45) is 0. The number of nitrogens with one attached hydrogen (secondary N) is 1. The maximum Gasteiger partial charge on any atom is 0.227 e. The van der Waals surface area contributed by atoms with Crippen molar-refractivity contribution in [2.24, 2.45) is 5.73 Å². The predicted molar refractivity (Wildman–Crippen MR) is 79.9 cm³/mol. The van der Waals surface area contributed by atoms with Crippen LogP contribution in [-0.4, -0.2) is 10.1 Å². The third-order valence-electron chi connectivity index (χ3n) is 2.67. The second kappa shape index (κ2) is 4.70. The van der Waals surface area contributed by atoms with E-state index in [1.54, 1.807) is 0 Å². The Bertz CT molecular complexity index is 718. The van der Waals surface area contributed by atoms with E-state index in [9.17, 15) is 0 Å². The lowest BCUT2D eigenvalue weighted by atomic mass is 10.2. The van der Waals surface area contributed by atoms with Gasteiger partial charge in [-0.25, -0.2) is 4.98 Å². The molecule has 1 heterocycles. The first-order chi connectivity index (χ1) is 9.22. The minimum atomic E-state index is 0.231. The number of benzene rings is 2. The Labute approximate surface area is 115 Å². The summed E-state index contributed by atoms with van der Waals surface area (Å²) in [6, 6.07) is 15.2. The molecule has 0 aliphatic carbocycles. The van der Waals surface area contributed by atoms with Gasteiger partial charge in [-0.05, 0) is 42.5 Å². The molecule has 0 atom stereocenters. The van der Waals surface area contributed by atoms with Crippen molar-refractivity contribution in [1.82, 2.24) is 4.98 Å². The molecular weight excluding hydrogens is 258 g/mol. The Balaban J connectivity index is 2.03. The van der Waals surface area contributed by atoms with Crippen LogP contribution in [0.2, 0.25) is 0 Å². The number of aromatic nitrogens is 1. The Hall–Kier alpha value is -2.40. The van der Waals surface area contributed by atoms with Crippen LogP contribution in [-0.2, 0) is 0 Å². The highest BCUT2D eigenvalue weighted by Gasteiger charge is 2.08. The van der Waals surface area contributed by atoms with Crippen LogP contribution in [0, 0.1) is 0 Å². The predicted octanol–water partition coefficient (Wildman–Crippen LogP) is 3.15. The van der Waals surface area contributed by atoms with E-state index >= 15 is 0 Å². The van der Waals surface area contributed by atoms with Crippen LogP contribution < -0.4 is 11.1 Å². The molecule has 0 saturated heterocycles. The maximum atomic E-state index is 5.71. The summed E-state index contributed by atoms with van der Waals surface area (Å²) in [4.78, 5) is 4.44. The molecule has 4 nitrogen and oxygen atoms in total. The molecule has 94 valence electrons. The van der Waals surface area contributed by atoms with Crippen molar-refractivity contribution >= 4 is 34.1 Å². The minimum absolute atomic E-state index is 0.231. The SMILES string of the molecule is NC(=S)Nc1cccc(-c2nc3ccccc3o2)c1. The number of oxazole rings is 1. The molecule has 0 fully saturated rings. The van der Waals surface area contributed by atoms with Crippen molar-refractivity contribution in [2.45, 2.75) is 0 Å². The highest BCUT2D eigenvalue weighted by molar-refractivity contribution is 7.80. The van der Waals surface area contributed by atoms with Crippen molar-refractivity contribution in [3.8, 4) is 11.5 Å². The third-order valence-corrected chi connectivity index (χ3v) is 2.77. The van der Waals surface area contributed by atoms with E-state index in [1.165, 1.54) is 0 Å². The van der Waals surface area contributed by atoms with Crippen LogP contribution in [0.5, 0.6) is 0 Å². The molecule has 0 unspecified atom stereocenters. The van der Waals surface area contributed by atoms with Crippen LogP contribution in [0.25, 0.3) is 22.6 Å². The Morgan fingerprint density at radius 2 is 2.00 bits per heavy atom. The number of hydrogen-bond donors (Lipinski definition) is 2. The molecule has 0 radical (unpaired) electrons. The molecule has 3 N–H and O–H groups in total. The number of hydrogen-bond acceptors (Lipinski definition) is 3. The van der Waals surface area contributed by atoms with Crippen molar-refractivity contribution in [3.05, 3.63) is 48.5 Å². The smallest absolute Gasteiger partial charge is 0.227 e. The van der Waals surface area contributed by atoms with Gasteiger partial charge in [0.05, 0.1) is 0 Å². The molecule has 0 aliphatic rings. The van der Waals surface area contributed by atoms with Crippen LogP contribution in [0.3, 0.4) is 0 Å². The molecule has 0 amide bonds. The van der Waals surface area contributed by atoms with E-state index in [0.29, 0.717) is 5.89 Å². The molecule has 1 aromatic heterocycles. The first-order valence-corrected chi connectivity index (χ1v) is 6.16. The molecule has 0 aliphatic heterocycles. The van der Waals surface area contributed by atoms with Gasteiger partial charge >= 0.3 is 0 Å². The summed E-state index contributed by atoms with van der Waals surface area (Å²) in [7, 11) is 0. The molecule has 0 saturated carbocycles. The molecule has 19 heavy (non-hydrogen) atoms. The Morgan fingerprint density at radius 1 is 1.16 bits per heavy atom. The van der Waals surface area contributed by atoms with Crippen molar-refractivity contribution < 1.29 is 4.42 Å².